The summed E-state index contributed by atoms with van der Waals surface area (Å²) in [7, 11) is 0. The van der Waals surface area contributed by atoms with Gasteiger partial charge in [0.15, 0.2) is 0 Å². The Bertz CT molecular complexity index is 1100. The summed E-state index contributed by atoms with van der Waals surface area (Å²) in [5.41, 5.74) is 7.66. The first-order valence-corrected chi connectivity index (χ1v) is 10.6. The first kappa shape index (κ1) is 20.9. The zero-order valence-corrected chi connectivity index (χ0v) is 17.6. The van der Waals surface area contributed by atoms with E-state index in [1.54, 1.807) is 19.3 Å². The highest BCUT2D eigenvalue weighted by Gasteiger charge is 2.19. The van der Waals surface area contributed by atoms with Crippen LogP contribution in [0.4, 0.5) is 0 Å². The number of nitrogens with one attached hydrogen (secondary N) is 2. The van der Waals surface area contributed by atoms with Crippen LogP contribution in [0.25, 0.3) is 10.8 Å². The number of benzene rings is 2. The molecule has 0 spiro atoms. The van der Waals surface area contributed by atoms with E-state index in [9.17, 15) is 4.79 Å². The van der Waals surface area contributed by atoms with Gasteiger partial charge in [-0.1, -0.05) is 18.2 Å². The fraction of sp³-hybridized carbons (Fsp3) is 0.333. The van der Waals surface area contributed by atoms with Crippen molar-refractivity contribution in [3.05, 3.63) is 65.1 Å². The Kier molecular flexibility index (Phi) is 6.23. The number of furan rings is 1. The summed E-state index contributed by atoms with van der Waals surface area (Å²) in [6, 6.07) is 11.2. The van der Waals surface area contributed by atoms with Crippen LogP contribution >= 0.6 is 0 Å². The van der Waals surface area contributed by atoms with E-state index in [0.29, 0.717) is 36.3 Å². The molecule has 0 saturated carbocycles. The van der Waals surface area contributed by atoms with E-state index in [2.05, 4.69) is 5.32 Å². The third-order valence-corrected chi connectivity index (χ3v) is 5.51. The second-order valence-electron chi connectivity index (χ2n) is 7.65. The van der Waals surface area contributed by atoms with E-state index in [4.69, 9.17) is 25.0 Å². The Labute approximate surface area is 181 Å². The number of esters is 1. The molecule has 2 aromatic carbocycles. The fourth-order valence-electron chi connectivity index (χ4n) is 3.89. The van der Waals surface area contributed by atoms with Crippen LogP contribution in [0.2, 0.25) is 0 Å². The molecular weight excluding hydrogens is 394 g/mol. The predicted octanol–water partition coefficient (Wildman–Crippen LogP) is 3.42. The van der Waals surface area contributed by atoms with Gasteiger partial charge in [0.1, 0.15) is 23.4 Å². The van der Waals surface area contributed by atoms with Crippen LogP contribution in [0, 0.1) is 5.41 Å². The van der Waals surface area contributed by atoms with Crippen molar-refractivity contribution in [3.8, 4) is 5.75 Å². The summed E-state index contributed by atoms with van der Waals surface area (Å²) in [6.45, 7) is 3.87. The number of carbonyl (C=O) groups excluding carboxylic acids is 1. The van der Waals surface area contributed by atoms with E-state index < -0.39 is 0 Å². The Morgan fingerprint density at radius 1 is 1.26 bits per heavy atom. The molecule has 0 amide bonds. The van der Waals surface area contributed by atoms with Crippen molar-refractivity contribution in [2.45, 2.75) is 32.3 Å². The monoisotopic (exact) mass is 421 g/mol. The van der Waals surface area contributed by atoms with Gasteiger partial charge in [0, 0.05) is 29.3 Å². The van der Waals surface area contributed by atoms with Gasteiger partial charge in [0.2, 0.25) is 0 Å². The number of hydrogen-bond donors (Lipinski definition) is 3. The van der Waals surface area contributed by atoms with Gasteiger partial charge in [-0.2, -0.15) is 0 Å². The summed E-state index contributed by atoms with van der Waals surface area (Å²) in [5.74, 6) is 1.19. The lowest BCUT2D eigenvalue weighted by atomic mass is 10.00. The molecular formula is C24H27N3O4. The number of carbonyl (C=O) groups is 1. The minimum Gasteiger partial charge on any atom is -0.489 e. The van der Waals surface area contributed by atoms with Crippen LogP contribution in [0.15, 0.2) is 47.1 Å². The lowest BCUT2D eigenvalue weighted by Gasteiger charge is -2.15. The zero-order valence-electron chi connectivity index (χ0n) is 17.6. The minimum atomic E-state index is -0.345. The van der Waals surface area contributed by atoms with Crippen LogP contribution in [-0.4, -0.2) is 37.6 Å². The lowest BCUT2D eigenvalue weighted by Crippen LogP contribution is -2.20. The SMILES string of the molecule is CCOC(=O)c1cc(O[C@H]2CCNC2)ccc1CCc1occ2cc(C(=N)N)ccc12. The van der Waals surface area contributed by atoms with Crippen molar-refractivity contribution in [1.82, 2.24) is 5.32 Å². The summed E-state index contributed by atoms with van der Waals surface area (Å²) in [6.07, 6.45) is 4.00. The van der Waals surface area contributed by atoms with Crippen LogP contribution in [0.5, 0.6) is 5.75 Å². The summed E-state index contributed by atoms with van der Waals surface area (Å²) in [5, 5.41) is 12.7. The molecule has 1 saturated heterocycles. The summed E-state index contributed by atoms with van der Waals surface area (Å²) < 4.78 is 17.1. The Morgan fingerprint density at radius 3 is 2.87 bits per heavy atom. The number of fused-ring (bicyclic) bond motifs is 1. The van der Waals surface area contributed by atoms with Gasteiger partial charge in [-0.3, -0.25) is 5.41 Å². The van der Waals surface area contributed by atoms with Gasteiger partial charge >= 0.3 is 5.97 Å². The minimum absolute atomic E-state index is 0.0272. The zero-order chi connectivity index (χ0) is 21.8. The molecule has 0 aliphatic carbocycles. The van der Waals surface area contributed by atoms with E-state index in [0.717, 1.165) is 41.6 Å². The first-order chi connectivity index (χ1) is 15.0. The molecule has 0 unspecified atom stereocenters. The van der Waals surface area contributed by atoms with Crippen LogP contribution in [-0.2, 0) is 17.6 Å². The van der Waals surface area contributed by atoms with E-state index in [-0.39, 0.29) is 17.9 Å². The third kappa shape index (κ3) is 4.72. The molecule has 1 aromatic heterocycles. The number of nitrogens with two attached hydrogens (primary N) is 1. The molecule has 162 valence electrons. The molecule has 3 aromatic rings. The Hall–Kier alpha value is -3.32. The van der Waals surface area contributed by atoms with Gasteiger partial charge in [0.25, 0.3) is 0 Å². The second-order valence-corrected chi connectivity index (χ2v) is 7.65. The molecule has 1 fully saturated rings. The average Bonchev–Trinajstić information content (AvgIpc) is 3.42. The molecule has 1 aliphatic rings. The topological polar surface area (TPSA) is 111 Å². The average molecular weight is 421 g/mol. The number of amidine groups is 1. The number of rotatable bonds is 8. The van der Waals surface area contributed by atoms with Gasteiger partial charge in [-0.15, -0.1) is 0 Å². The fourth-order valence-corrected chi connectivity index (χ4v) is 3.89. The highest BCUT2D eigenvalue weighted by atomic mass is 16.5. The smallest absolute Gasteiger partial charge is 0.338 e. The van der Waals surface area contributed by atoms with Crippen LogP contribution < -0.4 is 15.8 Å². The van der Waals surface area contributed by atoms with Gasteiger partial charge in [-0.25, -0.2) is 4.79 Å². The van der Waals surface area contributed by atoms with Gasteiger partial charge < -0.3 is 24.9 Å². The largest absolute Gasteiger partial charge is 0.489 e. The van der Waals surface area contributed by atoms with Crippen molar-refractivity contribution in [2.24, 2.45) is 5.73 Å². The quantitative estimate of drug-likeness (QED) is 0.292. The van der Waals surface area contributed by atoms with Crippen molar-refractivity contribution in [1.29, 1.82) is 5.41 Å². The number of nitrogen functional groups attached to an aromatic ring is 1. The highest BCUT2D eigenvalue weighted by molar-refractivity contribution is 5.99. The maximum atomic E-state index is 12.6. The Balaban J connectivity index is 1.54. The van der Waals surface area contributed by atoms with E-state index in [1.165, 1.54) is 0 Å². The molecule has 7 nitrogen and oxygen atoms in total. The van der Waals surface area contributed by atoms with Crippen molar-refractivity contribution >= 4 is 22.6 Å². The van der Waals surface area contributed by atoms with E-state index in [1.807, 2.05) is 30.3 Å². The van der Waals surface area contributed by atoms with Crippen LogP contribution in [0.3, 0.4) is 0 Å². The summed E-state index contributed by atoms with van der Waals surface area (Å²) in [4.78, 5) is 12.6. The van der Waals surface area contributed by atoms with Crippen molar-refractivity contribution in [3.63, 3.8) is 0 Å². The molecule has 7 heteroatoms. The molecule has 0 radical (unpaired) electrons. The molecule has 0 bridgehead atoms. The number of ether oxygens (including phenoxy) is 2. The maximum Gasteiger partial charge on any atom is 0.338 e. The molecule has 4 N–H and O–H groups in total. The van der Waals surface area contributed by atoms with E-state index >= 15 is 0 Å². The molecule has 1 aliphatic heterocycles. The lowest BCUT2D eigenvalue weighted by molar-refractivity contribution is 0.0524. The first-order valence-electron chi connectivity index (χ1n) is 10.6. The number of hydrogen-bond acceptors (Lipinski definition) is 6. The normalized spacial score (nSPS) is 15.8. The molecule has 2 heterocycles. The molecule has 1 atom stereocenters. The van der Waals surface area contributed by atoms with Gasteiger partial charge in [-0.05, 0) is 50.1 Å². The molecule has 31 heavy (non-hydrogen) atoms. The van der Waals surface area contributed by atoms with Crippen molar-refractivity contribution < 1.29 is 18.7 Å². The van der Waals surface area contributed by atoms with Gasteiger partial charge in [0.05, 0.1) is 18.4 Å². The second kappa shape index (κ2) is 9.22. The standard InChI is InChI=1S/C24H27N3O4/c1-2-29-24(28)21-12-18(31-19-9-10-27-13-19)6-3-15(21)5-8-22-20-7-4-16(23(25)26)11-17(20)14-30-22/h3-4,6-7,11-12,14,19,27H,2,5,8-10,13H2,1H3,(H3,25,26)/t19-/m0/s1. The third-order valence-electron chi connectivity index (χ3n) is 5.51. The molecule has 4 rings (SSSR count). The summed E-state index contributed by atoms with van der Waals surface area (Å²) >= 11 is 0. The Morgan fingerprint density at radius 2 is 2.13 bits per heavy atom. The highest BCUT2D eigenvalue weighted by Crippen LogP contribution is 2.26. The predicted molar refractivity (Wildman–Crippen MR) is 119 cm³/mol. The van der Waals surface area contributed by atoms with Crippen LogP contribution in [0.1, 0.15) is 40.6 Å². The number of aryl methyl sites for hydroxylation is 2. The maximum absolute atomic E-state index is 12.6. The van der Waals surface area contributed by atoms with Crippen molar-refractivity contribution in [2.75, 3.05) is 19.7 Å².